The van der Waals surface area contributed by atoms with Gasteiger partial charge in [-0.1, -0.05) is 12.2 Å². The number of phosphoric ester groups is 1. The molecule has 0 amide bonds. The van der Waals surface area contributed by atoms with E-state index in [-0.39, 0.29) is 12.4 Å². The highest BCUT2D eigenvalue weighted by molar-refractivity contribution is 8.43. The standard InChI is InChI=1S/C10H12N5O6P.H3O3PS/c11-8-5-9(13-2-12-8)15(3-14-5)10-6(16)7-4(20-10)1-19-22(17,18)21-7;1-4(2,3)5/h2-4,6-7,10,16H,1H2,(H,17,18)(H2,11,12,13);(H3,1,2,3,5)/t4-,6-,7-,10-;/m1./s1. The summed E-state index contributed by atoms with van der Waals surface area (Å²) in [6.45, 7) is -4.10. The van der Waals surface area contributed by atoms with Gasteiger partial charge in [0.25, 0.3) is 0 Å². The first kappa shape index (κ1) is 20.6. The molecule has 2 aromatic rings. The van der Waals surface area contributed by atoms with Gasteiger partial charge in [-0.2, -0.15) is 0 Å². The van der Waals surface area contributed by atoms with Crippen molar-refractivity contribution in [1.82, 2.24) is 19.5 Å². The summed E-state index contributed by atoms with van der Waals surface area (Å²) in [4.78, 5) is 36.3. The summed E-state index contributed by atoms with van der Waals surface area (Å²) in [6.07, 6.45) is -1.07. The second-order valence-electron chi connectivity index (χ2n) is 5.49. The van der Waals surface area contributed by atoms with Crippen molar-refractivity contribution < 1.29 is 42.7 Å². The third-order valence-electron chi connectivity index (χ3n) is 3.63. The average molecular weight is 443 g/mol. The van der Waals surface area contributed by atoms with Gasteiger partial charge in [0.1, 0.15) is 30.2 Å². The second-order valence-corrected chi connectivity index (χ2v) is 9.48. The van der Waals surface area contributed by atoms with Gasteiger partial charge in [-0.15, -0.1) is 0 Å². The lowest BCUT2D eigenvalue weighted by atomic mass is 10.1. The Morgan fingerprint density at radius 3 is 2.70 bits per heavy atom. The zero-order valence-electron chi connectivity index (χ0n) is 13.2. The summed E-state index contributed by atoms with van der Waals surface area (Å²) >= 11 is 2.79. The maximum Gasteiger partial charge on any atom is 0.472 e. The number of nitrogens with zero attached hydrogens (tertiary/aromatic N) is 4. The van der Waals surface area contributed by atoms with Gasteiger partial charge in [0, 0.05) is 0 Å². The van der Waals surface area contributed by atoms with Crippen molar-refractivity contribution in [1.29, 1.82) is 0 Å². The maximum absolute atomic E-state index is 11.5. The molecule has 2 aliphatic rings. The van der Waals surface area contributed by atoms with E-state index in [9.17, 15) is 19.1 Å². The summed E-state index contributed by atoms with van der Waals surface area (Å²) in [5, 5.41) is 10.4. The van der Waals surface area contributed by atoms with E-state index >= 15 is 0 Å². The van der Waals surface area contributed by atoms with Gasteiger partial charge in [-0.05, 0) is 0 Å². The van der Waals surface area contributed by atoms with Crippen LogP contribution in [0.15, 0.2) is 12.7 Å². The first-order valence-electron chi connectivity index (χ1n) is 7.17. The van der Waals surface area contributed by atoms with Crippen molar-refractivity contribution in [2.45, 2.75) is 24.5 Å². The number of ether oxygens (including phenoxy) is 1. The van der Waals surface area contributed by atoms with Crippen molar-refractivity contribution in [3.05, 3.63) is 12.7 Å². The lowest BCUT2D eigenvalue weighted by Crippen LogP contribution is -2.39. The number of hydrogen-bond donors (Lipinski definition) is 6. The molecule has 5 atom stereocenters. The average Bonchev–Trinajstić information content (AvgIpc) is 3.08. The van der Waals surface area contributed by atoms with E-state index in [2.05, 4.69) is 31.7 Å². The molecule has 14 nitrogen and oxygen atoms in total. The number of fused-ring (bicyclic) bond motifs is 2. The SMILES string of the molecule is Nc1ncnc2c1ncn2[C@@H]1O[C@@H]2COP(=O)(O)O[C@H]2[C@H]1O.O=P(O)(O)S. The first-order valence-corrected chi connectivity index (χ1v) is 11.4. The Morgan fingerprint density at radius 1 is 1.37 bits per heavy atom. The molecule has 0 aliphatic carbocycles. The summed E-state index contributed by atoms with van der Waals surface area (Å²) in [5.41, 5.74) is 6.46. The second kappa shape index (κ2) is 7.37. The molecule has 4 heterocycles. The van der Waals surface area contributed by atoms with E-state index < -0.39 is 39.2 Å². The number of anilines is 1. The number of aliphatic hydroxyl groups is 1. The Kier molecular flexibility index (Phi) is 5.62. The highest BCUT2D eigenvalue weighted by atomic mass is 32.7. The molecule has 0 spiro atoms. The van der Waals surface area contributed by atoms with Crippen LogP contribution in [0.4, 0.5) is 5.82 Å². The third-order valence-corrected chi connectivity index (χ3v) is 4.61. The molecule has 150 valence electrons. The summed E-state index contributed by atoms with van der Waals surface area (Å²) in [7, 11) is -4.16. The number of hydrogen-bond acceptors (Lipinski definition) is 10. The predicted molar refractivity (Wildman–Crippen MR) is 91.3 cm³/mol. The van der Waals surface area contributed by atoms with Gasteiger partial charge in [0.15, 0.2) is 17.7 Å². The number of nitrogen functional groups attached to an aromatic ring is 1. The number of nitrogens with two attached hydrogens (primary N) is 1. The molecule has 0 bridgehead atoms. The number of imidazole rings is 1. The third kappa shape index (κ3) is 4.66. The molecular weight excluding hydrogens is 428 g/mol. The number of aliphatic hydroxyl groups excluding tert-OH is 1. The first-order chi connectivity index (χ1) is 12.5. The number of aromatic nitrogens is 4. The summed E-state index contributed by atoms with van der Waals surface area (Å²) < 4.78 is 37.4. The molecular formula is C10H15N5O9P2S. The van der Waals surface area contributed by atoms with Crippen molar-refractivity contribution in [2.75, 3.05) is 12.3 Å². The monoisotopic (exact) mass is 443 g/mol. The minimum atomic E-state index is -4.16. The van der Waals surface area contributed by atoms with E-state index in [0.29, 0.717) is 11.2 Å². The van der Waals surface area contributed by atoms with Crippen molar-refractivity contribution in [3.8, 4) is 0 Å². The summed E-state index contributed by atoms with van der Waals surface area (Å²) in [6, 6.07) is 0. The van der Waals surface area contributed by atoms with Crippen LogP contribution in [0.2, 0.25) is 0 Å². The normalized spacial score (nSPS) is 33.4. The smallest absolute Gasteiger partial charge is 0.386 e. The lowest BCUT2D eigenvalue weighted by Gasteiger charge is -2.27. The molecule has 6 N–H and O–H groups in total. The van der Waals surface area contributed by atoms with Gasteiger partial charge >= 0.3 is 14.6 Å². The van der Waals surface area contributed by atoms with Gasteiger partial charge < -0.3 is 30.3 Å². The maximum atomic E-state index is 11.5. The fraction of sp³-hybridized carbons (Fsp3) is 0.500. The van der Waals surface area contributed by atoms with E-state index in [1.54, 1.807) is 0 Å². The lowest BCUT2D eigenvalue weighted by molar-refractivity contribution is -0.0664. The quantitative estimate of drug-likeness (QED) is 0.235. The van der Waals surface area contributed by atoms with Crippen LogP contribution in [0.5, 0.6) is 0 Å². The van der Waals surface area contributed by atoms with Crippen LogP contribution in [0, 0.1) is 0 Å². The minimum absolute atomic E-state index is 0.157. The molecule has 2 aliphatic heterocycles. The number of rotatable bonds is 1. The molecule has 0 aromatic carbocycles. The fourth-order valence-electron chi connectivity index (χ4n) is 2.62. The molecule has 2 fully saturated rings. The molecule has 1 unspecified atom stereocenters. The highest BCUT2D eigenvalue weighted by Gasteiger charge is 2.52. The molecule has 4 rings (SSSR count). The van der Waals surface area contributed by atoms with Crippen LogP contribution in [-0.2, 0) is 22.9 Å². The fourth-order valence-corrected chi connectivity index (χ4v) is 3.59. The van der Waals surface area contributed by atoms with Crippen LogP contribution in [0.25, 0.3) is 11.2 Å². The van der Waals surface area contributed by atoms with Gasteiger partial charge in [0.05, 0.1) is 12.9 Å². The molecule has 0 saturated carbocycles. The van der Waals surface area contributed by atoms with Crippen molar-refractivity contribution in [2.24, 2.45) is 0 Å². The number of phosphoric acid groups is 1. The Bertz CT molecular complexity index is 929. The highest BCUT2D eigenvalue weighted by Crippen LogP contribution is 2.52. The van der Waals surface area contributed by atoms with Crippen molar-refractivity contribution >= 4 is 43.9 Å². The molecule has 27 heavy (non-hydrogen) atoms. The van der Waals surface area contributed by atoms with E-state index in [0.717, 1.165) is 0 Å². The molecule has 2 aromatic heterocycles. The topological polar surface area (TPSA) is 212 Å². The molecule has 0 radical (unpaired) electrons. The zero-order valence-corrected chi connectivity index (χ0v) is 15.9. The predicted octanol–water partition coefficient (Wildman–Crippen LogP) is -0.809. The van der Waals surface area contributed by atoms with Gasteiger partial charge in [0.2, 0.25) is 0 Å². The largest absolute Gasteiger partial charge is 0.472 e. The Labute approximate surface area is 156 Å². The Balaban J connectivity index is 0.000000376. The van der Waals surface area contributed by atoms with Crippen LogP contribution in [0.1, 0.15) is 6.23 Å². The van der Waals surface area contributed by atoms with Crippen LogP contribution in [-0.4, -0.2) is 64.2 Å². The van der Waals surface area contributed by atoms with Crippen LogP contribution >= 0.6 is 26.9 Å². The van der Waals surface area contributed by atoms with Crippen LogP contribution < -0.4 is 5.73 Å². The summed E-state index contributed by atoms with van der Waals surface area (Å²) in [5.74, 6) is 0.202. The zero-order chi connectivity index (χ0) is 20.0. The molecule has 2 saturated heterocycles. The number of thiol groups is 1. The minimum Gasteiger partial charge on any atom is -0.386 e. The molecule has 17 heteroatoms. The van der Waals surface area contributed by atoms with E-state index in [4.69, 9.17) is 24.8 Å². The van der Waals surface area contributed by atoms with Gasteiger partial charge in [-0.3, -0.25) is 13.6 Å². The van der Waals surface area contributed by atoms with Crippen molar-refractivity contribution in [3.63, 3.8) is 0 Å². The Hall–Kier alpha value is -1.12. The Morgan fingerprint density at radius 2 is 2.04 bits per heavy atom. The van der Waals surface area contributed by atoms with Crippen LogP contribution in [0.3, 0.4) is 0 Å². The van der Waals surface area contributed by atoms with Gasteiger partial charge in [-0.25, -0.2) is 24.1 Å². The van der Waals surface area contributed by atoms with E-state index in [1.807, 2.05) is 0 Å². The van der Waals surface area contributed by atoms with E-state index in [1.165, 1.54) is 17.2 Å².